The summed E-state index contributed by atoms with van der Waals surface area (Å²) in [6.07, 6.45) is 2.10. The van der Waals surface area contributed by atoms with Crippen molar-refractivity contribution in [2.45, 2.75) is 13.3 Å². The number of rotatable bonds is 3. The molecule has 3 nitrogen and oxygen atoms in total. The Labute approximate surface area is 99.6 Å². The Kier molecular flexibility index (Phi) is 4.54. The SMILES string of the molecule is Cc1cc(NC(=O)CCBr)cnc1Br. The van der Waals surface area contributed by atoms with Gasteiger partial charge in [0.25, 0.3) is 0 Å². The fourth-order valence-corrected chi connectivity index (χ4v) is 1.51. The van der Waals surface area contributed by atoms with Gasteiger partial charge in [-0.3, -0.25) is 4.79 Å². The largest absolute Gasteiger partial charge is 0.325 e. The molecule has 76 valence electrons. The number of aromatic nitrogens is 1. The van der Waals surface area contributed by atoms with Crippen LogP contribution in [0, 0.1) is 6.92 Å². The van der Waals surface area contributed by atoms with Crippen molar-refractivity contribution >= 4 is 43.5 Å². The zero-order valence-electron chi connectivity index (χ0n) is 7.68. The number of aryl methyl sites for hydroxylation is 1. The summed E-state index contributed by atoms with van der Waals surface area (Å²) < 4.78 is 0.802. The van der Waals surface area contributed by atoms with Gasteiger partial charge in [0.05, 0.1) is 11.9 Å². The van der Waals surface area contributed by atoms with E-state index in [0.717, 1.165) is 15.9 Å². The van der Waals surface area contributed by atoms with Crippen LogP contribution in [-0.4, -0.2) is 16.2 Å². The van der Waals surface area contributed by atoms with Crippen LogP contribution >= 0.6 is 31.9 Å². The number of carbonyl (C=O) groups excluding carboxylic acids is 1. The first kappa shape index (κ1) is 11.7. The molecule has 1 amide bonds. The van der Waals surface area contributed by atoms with Crippen LogP contribution in [0.25, 0.3) is 0 Å². The number of hydrogen-bond acceptors (Lipinski definition) is 2. The highest BCUT2D eigenvalue weighted by Crippen LogP contribution is 2.16. The van der Waals surface area contributed by atoms with Crippen molar-refractivity contribution in [3.05, 3.63) is 22.4 Å². The van der Waals surface area contributed by atoms with Gasteiger partial charge in [0, 0.05) is 11.8 Å². The van der Waals surface area contributed by atoms with Crippen LogP contribution in [0.15, 0.2) is 16.9 Å². The van der Waals surface area contributed by atoms with Gasteiger partial charge in [-0.05, 0) is 34.5 Å². The first-order valence-electron chi connectivity index (χ1n) is 4.11. The smallest absolute Gasteiger partial charge is 0.225 e. The molecule has 1 rings (SSSR count). The van der Waals surface area contributed by atoms with Crippen LogP contribution in [-0.2, 0) is 4.79 Å². The van der Waals surface area contributed by atoms with Crippen molar-refractivity contribution in [2.24, 2.45) is 0 Å². The van der Waals surface area contributed by atoms with E-state index in [4.69, 9.17) is 0 Å². The fraction of sp³-hybridized carbons (Fsp3) is 0.333. The molecule has 0 aliphatic heterocycles. The molecule has 5 heteroatoms. The summed E-state index contributed by atoms with van der Waals surface area (Å²) in [5.41, 5.74) is 1.73. The second kappa shape index (κ2) is 5.46. The fourth-order valence-electron chi connectivity index (χ4n) is 0.936. The highest BCUT2D eigenvalue weighted by molar-refractivity contribution is 9.10. The van der Waals surface area contributed by atoms with Gasteiger partial charge in [-0.2, -0.15) is 0 Å². The zero-order chi connectivity index (χ0) is 10.6. The van der Waals surface area contributed by atoms with Gasteiger partial charge < -0.3 is 5.32 Å². The Bertz CT molecular complexity index is 342. The average molecular weight is 322 g/mol. The number of nitrogens with one attached hydrogen (secondary N) is 1. The Balaban J connectivity index is 2.68. The van der Waals surface area contributed by atoms with Crippen LogP contribution in [0.2, 0.25) is 0 Å². The van der Waals surface area contributed by atoms with E-state index in [2.05, 4.69) is 42.2 Å². The third kappa shape index (κ3) is 3.38. The van der Waals surface area contributed by atoms with Gasteiger partial charge >= 0.3 is 0 Å². The first-order chi connectivity index (χ1) is 6.63. The molecular formula is C9H10Br2N2O. The van der Waals surface area contributed by atoms with Gasteiger partial charge in [-0.25, -0.2) is 4.98 Å². The molecule has 0 spiro atoms. The Hall–Kier alpha value is -0.420. The molecule has 1 aromatic heterocycles. The van der Waals surface area contributed by atoms with E-state index >= 15 is 0 Å². The van der Waals surface area contributed by atoms with Crippen molar-refractivity contribution in [3.8, 4) is 0 Å². The molecule has 0 saturated heterocycles. The molecule has 0 aromatic carbocycles. The van der Waals surface area contributed by atoms with Crippen molar-refractivity contribution in [2.75, 3.05) is 10.6 Å². The Morgan fingerprint density at radius 2 is 2.36 bits per heavy atom. The molecule has 0 aliphatic rings. The van der Waals surface area contributed by atoms with Crippen LogP contribution < -0.4 is 5.32 Å². The van der Waals surface area contributed by atoms with E-state index in [1.807, 2.05) is 13.0 Å². The average Bonchev–Trinajstić information content (AvgIpc) is 2.12. The van der Waals surface area contributed by atoms with E-state index < -0.39 is 0 Å². The summed E-state index contributed by atoms with van der Waals surface area (Å²) in [6.45, 7) is 1.93. The van der Waals surface area contributed by atoms with Gasteiger partial charge in [0.15, 0.2) is 0 Å². The predicted octanol–water partition coefficient (Wildman–Crippen LogP) is 2.88. The highest BCUT2D eigenvalue weighted by Gasteiger charge is 2.02. The van der Waals surface area contributed by atoms with Gasteiger partial charge in [-0.15, -0.1) is 0 Å². The standard InChI is InChI=1S/C9H10Br2N2O/c1-6-4-7(5-12-9(6)11)13-8(14)2-3-10/h4-5H,2-3H2,1H3,(H,13,14). The van der Waals surface area contributed by atoms with Crippen LogP contribution in [0.3, 0.4) is 0 Å². The van der Waals surface area contributed by atoms with E-state index in [0.29, 0.717) is 11.8 Å². The molecule has 1 heterocycles. The number of nitrogens with zero attached hydrogens (tertiary/aromatic N) is 1. The van der Waals surface area contributed by atoms with Crippen LogP contribution in [0.4, 0.5) is 5.69 Å². The summed E-state index contributed by atoms with van der Waals surface area (Å²) in [4.78, 5) is 15.3. The molecule has 0 radical (unpaired) electrons. The normalized spacial score (nSPS) is 9.93. The summed E-state index contributed by atoms with van der Waals surface area (Å²) >= 11 is 6.50. The van der Waals surface area contributed by atoms with Crippen molar-refractivity contribution in [1.29, 1.82) is 0 Å². The lowest BCUT2D eigenvalue weighted by molar-refractivity contribution is -0.115. The van der Waals surface area contributed by atoms with Crippen molar-refractivity contribution in [1.82, 2.24) is 4.98 Å². The lowest BCUT2D eigenvalue weighted by Gasteiger charge is -2.05. The summed E-state index contributed by atoms with van der Waals surface area (Å²) in [5.74, 6) is -0.00889. The molecule has 0 atom stereocenters. The predicted molar refractivity (Wildman–Crippen MR) is 63.7 cm³/mol. The maximum atomic E-state index is 11.2. The monoisotopic (exact) mass is 320 g/mol. The maximum Gasteiger partial charge on any atom is 0.225 e. The minimum absolute atomic E-state index is 0.00889. The van der Waals surface area contributed by atoms with Gasteiger partial charge in [0.2, 0.25) is 5.91 Å². The number of alkyl halides is 1. The summed E-state index contributed by atoms with van der Waals surface area (Å²) in [7, 11) is 0. The van der Waals surface area contributed by atoms with E-state index in [9.17, 15) is 4.79 Å². The number of amides is 1. The second-order valence-electron chi connectivity index (χ2n) is 2.82. The number of anilines is 1. The first-order valence-corrected chi connectivity index (χ1v) is 6.03. The van der Waals surface area contributed by atoms with E-state index in [1.54, 1.807) is 6.20 Å². The number of pyridine rings is 1. The van der Waals surface area contributed by atoms with Crippen LogP contribution in [0.5, 0.6) is 0 Å². The lowest BCUT2D eigenvalue weighted by atomic mass is 10.3. The molecule has 0 bridgehead atoms. The topological polar surface area (TPSA) is 42.0 Å². The molecular weight excluding hydrogens is 312 g/mol. The lowest BCUT2D eigenvalue weighted by Crippen LogP contribution is -2.11. The minimum Gasteiger partial charge on any atom is -0.325 e. The minimum atomic E-state index is -0.00889. The quantitative estimate of drug-likeness (QED) is 0.687. The third-order valence-corrected chi connectivity index (χ3v) is 2.85. The molecule has 1 N–H and O–H groups in total. The van der Waals surface area contributed by atoms with Crippen molar-refractivity contribution < 1.29 is 4.79 Å². The Morgan fingerprint density at radius 1 is 1.64 bits per heavy atom. The molecule has 0 aliphatic carbocycles. The highest BCUT2D eigenvalue weighted by atomic mass is 79.9. The van der Waals surface area contributed by atoms with Crippen molar-refractivity contribution in [3.63, 3.8) is 0 Å². The molecule has 0 fully saturated rings. The molecule has 14 heavy (non-hydrogen) atoms. The Morgan fingerprint density at radius 3 is 2.93 bits per heavy atom. The third-order valence-electron chi connectivity index (χ3n) is 1.62. The molecule has 0 saturated carbocycles. The summed E-state index contributed by atoms with van der Waals surface area (Å²) in [6, 6.07) is 1.88. The number of halogens is 2. The van der Waals surface area contributed by atoms with E-state index in [-0.39, 0.29) is 5.91 Å². The number of carbonyl (C=O) groups is 1. The van der Waals surface area contributed by atoms with Gasteiger partial charge in [0.1, 0.15) is 4.60 Å². The molecule has 1 aromatic rings. The maximum absolute atomic E-state index is 11.2. The summed E-state index contributed by atoms with van der Waals surface area (Å²) in [5, 5.41) is 3.43. The zero-order valence-corrected chi connectivity index (χ0v) is 10.9. The molecule has 0 unspecified atom stereocenters. The van der Waals surface area contributed by atoms with Crippen LogP contribution in [0.1, 0.15) is 12.0 Å². The second-order valence-corrected chi connectivity index (χ2v) is 4.36. The number of hydrogen-bond donors (Lipinski definition) is 1. The van der Waals surface area contributed by atoms with E-state index in [1.165, 1.54) is 0 Å². The van der Waals surface area contributed by atoms with Gasteiger partial charge in [-0.1, -0.05) is 15.9 Å².